The van der Waals surface area contributed by atoms with Crippen LogP contribution in [0.25, 0.3) is 0 Å². The number of anilines is 1. The Labute approximate surface area is 106 Å². The van der Waals surface area contributed by atoms with Gasteiger partial charge in [0.25, 0.3) is 0 Å². The molecule has 0 aromatic heterocycles. The van der Waals surface area contributed by atoms with Crippen molar-refractivity contribution in [1.82, 2.24) is 5.43 Å². The van der Waals surface area contributed by atoms with Crippen LogP contribution >= 0.6 is 15.9 Å². The largest absolute Gasteiger partial charge is 0.323 e. The van der Waals surface area contributed by atoms with E-state index in [-0.39, 0.29) is 22.2 Å². The van der Waals surface area contributed by atoms with E-state index in [2.05, 4.69) is 31.7 Å². The van der Waals surface area contributed by atoms with E-state index in [0.717, 1.165) is 6.07 Å². The van der Waals surface area contributed by atoms with Gasteiger partial charge < -0.3 is 5.32 Å². The molecule has 1 aromatic rings. The molecule has 17 heavy (non-hydrogen) atoms. The van der Waals surface area contributed by atoms with Crippen molar-refractivity contribution < 1.29 is 8.78 Å². The number of aliphatic imine (C=N–C) groups is 1. The van der Waals surface area contributed by atoms with Gasteiger partial charge in [-0.1, -0.05) is 0 Å². The standard InChI is InChI=1S/C10H13BrF2N4/c1-5(2)15-10(17-14)16-9-3-6(11)7(12)4-8(9)13/h3-5H,14H2,1-2H3,(H2,15,16,17). The van der Waals surface area contributed by atoms with Crippen LogP contribution in [0.4, 0.5) is 14.5 Å². The second-order valence-corrected chi connectivity index (χ2v) is 4.44. The molecule has 94 valence electrons. The number of rotatable bonds is 2. The molecule has 0 unspecified atom stereocenters. The lowest BCUT2D eigenvalue weighted by molar-refractivity contribution is 0.581. The van der Waals surface area contributed by atoms with Crippen molar-refractivity contribution in [2.75, 3.05) is 5.32 Å². The molecule has 1 rings (SSSR count). The van der Waals surface area contributed by atoms with Gasteiger partial charge in [-0.25, -0.2) is 19.6 Å². The number of guanidine groups is 1. The number of hydrogen-bond donors (Lipinski definition) is 3. The lowest BCUT2D eigenvalue weighted by Gasteiger charge is -2.11. The predicted octanol–water partition coefficient (Wildman–Crippen LogP) is 2.37. The number of benzene rings is 1. The van der Waals surface area contributed by atoms with Crippen LogP contribution in [0.1, 0.15) is 13.8 Å². The van der Waals surface area contributed by atoms with Crippen LogP contribution in [0.5, 0.6) is 0 Å². The van der Waals surface area contributed by atoms with Crippen molar-refractivity contribution in [2.24, 2.45) is 10.8 Å². The van der Waals surface area contributed by atoms with Crippen LogP contribution in [0, 0.1) is 11.6 Å². The number of hydrazine groups is 1. The summed E-state index contributed by atoms with van der Waals surface area (Å²) < 4.78 is 26.6. The van der Waals surface area contributed by atoms with Crippen LogP contribution in [0.3, 0.4) is 0 Å². The summed E-state index contributed by atoms with van der Waals surface area (Å²) >= 11 is 2.97. The van der Waals surface area contributed by atoms with Gasteiger partial charge in [-0.2, -0.15) is 0 Å². The van der Waals surface area contributed by atoms with Crippen LogP contribution < -0.4 is 16.6 Å². The Morgan fingerprint density at radius 3 is 2.53 bits per heavy atom. The van der Waals surface area contributed by atoms with E-state index in [1.807, 2.05) is 13.8 Å². The van der Waals surface area contributed by atoms with E-state index in [1.165, 1.54) is 6.07 Å². The molecule has 0 aliphatic rings. The van der Waals surface area contributed by atoms with Crippen LogP contribution in [0.15, 0.2) is 21.6 Å². The molecular weight excluding hydrogens is 294 g/mol. The fraction of sp³-hybridized carbons (Fsp3) is 0.300. The quantitative estimate of drug-likeness (QED) is 0.258. The number of hydrogen-bond acceptors (Lipinski definition) is 2. The van der Waals surface area contributed by atoms with Gasteiger partial charge in [0.2, 0.25) is 5.96 Å². The van der Waals surface area contributed by atoms with Crippen molar-refractivity contribution >= 4 is 27.6 Å². The van der Waals surface area contributed by atoms with E-state index in [0.29, 0.717) is 0 Å². The highest BCUT2D eigenvalue weighted by Gasteiger charge is 2.09. The molecule has 0 radical (unpaired) electrons. The van der Waals surface area contributed by atoms with Gasteiger partial charge >= 0.3 is 0 Å². The first-order chi connectivity index (χ1) is 7.93. The molecule has 0 saturated heterocycles. The van der Waals surface area contributed by atoms with E-state index in [4.69, 9.17) is 5.84 Å². The highest BCUT2D eigenvalue weighted by Crippen LogP contribution is 2.23. The molecule has 0 aliphatic carbocycles. The third-order valence-electron chi connectivity index (χ3n) is 1.79. The topological polar surface area (TPSA) is 62.4 Å². The Kier molecular flexibility index (Phi) is 4.83. The number of nitrogens with one attached hydrogen (secondary N) is 2. The zero-order valence-corrected chi connectivity index (χ0v) is 11.0. The minimum absolute atomic E-state index is 0.0134. The number of nitrogens with two attached hydrogens (primary N) is 1. The molecule has 0 atom stereocenters. The Hall–Kier alpha value is -1.21. The monoisotopic (exact) mass is 306 g/mol. The lowest BCUT2D eigenvalue weighted by Crippen LogP contribution is -2.37. The maximum atomic E-state index is 13.4. The smallest absolute Gasteiger partial charge is 0.210 e. The van der Waals surface area contributed by atoms with Crippen molar-refractivity contribution in [2.45, 2.75) is 19.9 Å². The van der Waals surface area contributed by atoms with Crippen LogP contribution in [-0.2, 0) is 0 Å². The van der Waals surface area contributed by atoms with Gasteiger partial charge in [-0.3, -0.25) is 5.43 Å². The molecule has 4 N–H and O–H groups in total. The summed E-state index contributed by atoms with van der Waals surface area (Å²) in [5, 5.41) is 2.64. The third-order valence-corrected chi connectivity index (χ3v) is 2.39. The molecular formula is C10H13BrF2N4. The zero-order valence-electron chi connectivity index (χ0n) is 9.39. The molecule has 4 nitrogen and oxygen atoms in total. The van der Waals surface area contributed by atoms with Gasteiger partial charge in [-0.05, 0) is 35.8 Å². The molecule has 0 amide bonds. The summed E-state index contributed by atoms with van der Waals surface area (Å²) in [5.74, 6) is 4.05. The second-order valence-electron chi connectivity index (χ2n) is 3.59. The Bertz CT molecular complexity index is 435. The summed E-state index contributed by atoms with van der Waals surface area (Å²) in [6.45, 7) is 3.69. The Balaban J connectivity index is 2.98. The minimum Gasteiger partial charge on any atom is -0.323 e. The molecule has 0 aliphatic heterocycles. The molecule has 0 bridgehead atoms. The lowest BCUT2D eigenvalue weighted by atomic mass is 10.3. The van der Waals surface area contributed by atoms with Crippen molar-refractivity contribution in [3.8, 4) is 0 Å². The maximum Gasteiger partial charge on any atom is 0.210 e. The van der Waals surface area contributed by atoms with Crippen molar-refractivity contribution in [3.63, 3.8) is 0 Å². The van der Waals surface area contributed by atoms with E-state index in [9.17, 15) is 8.78 Å². The van der Waals surface area contributed by atoms with Crippen molar-refractivity contribution in [3.05, 3.63) is 28.2 Å². The zero-order chi connectivity index (χ0) is 13.0. The summed E-state index contributed by atoms with van der Waals surface area (Å²) in [6.07, 6.45) is 0. The summed E-state index contributed by atoms with van der Waals surface area (Å²) in [5.41, 5.74) is 2.39. The third kappa shape index (κ3) is 3.94. The predicted molar refractivity (Wildman–Crippen MR) is 67.6 cm³/mol. The van der Waals surface area contributed by atoms with Gasteiger partial charge in [0.15, 0.2) is 0 Å². The molecule has 1 aromatic carbocycles. The minimum atomic E-state index is -0.725. The second kappa shape index (κ2) is 5.92. The van der Waals surface area contributed by atoms with Crippen LogP contribution in [-0.4, -0.2) is 12.0 Å². The number of nitrogens with zero attached hydrogens (tertiary/aromatic N) is 1. The summed E-state index contributed by atoms with van der Waals surface area (Å²) in [6, 6.07) is 2.04. The summed E-state index contributed by atoms with van der Waals surface area (Å²) in [4.78, 5) is 4.08. The fourth-order valence-electron chi connectivity index (χ4n) is 1.11. The highest BCUT2D eigenvalue weighted by molar-refractivity contribution is 9.10. The average molecular weight is 307 g/mol. The molecule has 0 fully saturated rings. The number of halogens is 3. The van der Waals surface area contributed by atoms with E-state index < -0.39 is 11.6 Å². The van der Waals surface area contributed by atoms with Gasteiger partial charge in [0.05, 0.1) is 10.2 Å². The first-order valence-electron chi connectivity index (χ1n) is 4.90. The van der Waals surface area contributed by atoms with Gasteiger partial charge in [0.1, 0.15) is 11.6 Å². The highest BCUT2D eigenvalue weighted by atomic mass is 79.9. The molecule has 0 spiro atoms. The van der Waals surface area contributed by atoms with E-state index >= 15 is 0 Å². The average Bonchev–Trinajstić information content (AvgIpc) is 2.24. The normalized spacial score (nSPS) is 11.8. The maximum absolute atomic E-state index is 13.4. The summed E-state index contributed by atoms with van der Waals surface area (Å²) in [7, 11) is 0. The molecule has 0 saturated carbocycles. The van der Waals surface area contributed by atoms with Gasteiger partial charge in [0, 0.05) is 12.1 Å². The Morgan fingerprint density at radius 2 is 2.00 bits per heavy atom. The Morgan fingerprint density at radius 1 is 1.35 bits per heavy atom. The first-order valence-corrected chi connectivity index (χ1v) is 5.69. The molecule has 0 heterocycles. The SMILES string of the molecule is CC(C)N=C(NN)Nc1cc(Br)c(F)cc1F. The van der Waals surface area contributed by atoms with Gasteiger partial charge in [-0.15, -0.1) is 0 Å². The fourth-order valence-corrected chi connectivity index (χ4v) is 1.45. The first kappa shape index (κ1) is 13.9. The van der Waals surface area contributed by atoms with Crippen LogP contribution in [0.2, 0.25) is 0 Å². The van der Waals surface area contributed by atoms with Crippen molar-refractivity contribution in [1.29, 1.82) is 0 Å². The molecule has 7 heteroatoms. The van der Waals surface area contributed by atoms with E-state index in [1.54, 1.807) is 0 Å².